The van der Waals surface area contributed by atoms with Crippen molar-refractivity contribution in [2.45, 2.75) is 76.1 Å². The van der Waals surface area contributed by atoms with E-state index in [0.29, 0.717) is 25.3 Å². The zero-order chi connectivity index (χ0) is 25.4. The van der Waals surface area contributed by atoms with Gasteiger partial charge in [-0.3, -0.25) is 4.79 Å². The van der Waals surface area contributed by atoms with Gasteiger partial charge in [-0.05, 0) is 26.2 Å². The number of hydrogen-bond acceptors (Lipinski definition) is 8. The Balaban J connectivity index is 1.27. The van der Waals surface area contributed by atoms with E-state index in [1.807, 2.05) is 4.57 Å². The fourth-order valence-corrected chi connectivity index (χ4v) is 4.82. The highest BCUT2D eigenvalue weighted by Crippen LogP contribution is 2.37. The lowest BCUT2D eigenvalue weighted by atomic mass is 9.85. The molecule has 5 rings (SSSR count). The molecule has 2 aromatic heterocycles. The van der Waals surface area contributed by atoms with Gasteiger partial charge in [0.1, 0.15) is 17.5 Å². The maximum absolute atomic E-state index is 13.4. The van der Waals surface area contributed by atoms with Crippen molar-refractivity contribution >= 4 is 11.9 Å². The van der Waals surface area contributed by atoms with E-state index in [0.717, 1.165) is 31.3 Å². The van der Waals surface area contributed by atoms with Gasteiger partial charge in [-0.2, -0.15) is 18.2 Å². The molecule has 2 aromatic rings. The van der Waals surface area contributed by atoms with E-state index in [1.54, 1.807) is 0 Å². The quantitative estimate of drug-likeness (QED) is 0.588. The van der Waals surface area contributed by atoms with Gasteiger partial charge in [0.25, 0.3) is 5.91 Å². The Hall–Kier alpha value is -3.03. The number of aromatic nitrogens is 5. The smallest absolute Gasteiger partial charge is 0.423 e. The summed E-state index contributed by atoms with van der Waals surface area (Å²) in [4.78, 5) is 21.4. The normalized spacial score (nSPS) is 23.5. The summed E-state index contributed by atoms with van der Waals surface area (Å²) in [7, 11) is 0. The molecule has 1 saturated heterocycles. The van der Waals surface area contributed by atoms with Crippen LogP contribution >= 0.6 is 0 Å². The molecular weight excluding hydrogens is 486 g/mol. The monoisotopic (exact) mass is 513 g/mol. The molecule has 1 N–H and O–H groups in total. The lowest BCUT2D eigenvalue weighted by Crippen LogP contribution is -2.42. The molecule has 196 valence electrons. The maximum Gasteiger partial charge on any atom is 0.423 e. The summed E-state index contributed by atoms with van der Waals surface area (Å²) in [6, 6.07) is -0.0811. The van der Waals surface area contributed by atoms with Gasteiger partial charge in [-0.1, -0.05) is 6.42 Å². The molecule has 0 spiro atoms. The van der Waals surface area contributed by atoms with Crippen molar-refractivity contribution in [3.05, 3.63) is 23.4 Å². The average Bonchev–Trinajstić information content (AvgIpc) is 3.24. The summed E-state index contributed by atoms with van der Waals surface area (Å²) in [6.07, 6.45) is -2.71. The Kier molecular flexibility index (Phi) is 6.70. The molecule has 36 heavy (non-hydrogen) atoms. The molecule has 3 atom stereocenters. The molecule has 10 nitrogen and oxygen atoms in total. The van der Waals surface area contributed by atoms with Crippen molar-refractivity contribution in [3.63, 3.8) is 0 Å². The molecule has 14 heteroatoms. The van der Waals surface area contributed by atoms with Crippen LogP contribution in [0.4, 0.5) is 23.5 Å². The minimum Gasteiger partial charge on any atom is -0.469 e. The zero-order valence-corrected chi connectivity index (χ0v) is 19.7. The van der Waals surface area contributed by atoms with Crippen LogP contribution in [0, 0.1) is 0 Å². The molecule has 4 heterocycles. The summed E-state index contributed by atoms with van der Waals surface area (Å²) in [5.74, 6) is 0.498. The SMILES string of the molecule is C[C@@H](F)C(=O)N1CCn2c(nnc2[C@H]2CCC[C@@H](Nc3ncc(C(F)(F)F)c(OC4COC4)n3)C2)C1. The highest BCUT2D eigenvalue weighted by atomic mass is 19.4. The van der Waals surface area contributed by atoms with Crippen molar-refractivity contribution in [2.24, 2.45) is 0 Å². The fraction of sp³-hybridized carbons (Fsp3) is 0.682. The standard InChI is InChI=1S/C22H27F4N7O3/c1-12(23)20(34)32-5-6-33-17(9-32)30-31-18(33)13-3-2-4-14(7-13)28-21-27-8-16(22(24,25)26)19(29-21)36-15-10-35-11-15/h8,12-15H,2-7,9-11H2,1H3,(H,27,28,29)/t12-,13+,14-/m1/s1. The number of ether oxygens (including phenoxy) is 2. The van der Waals surface area contributed by atoms with E-state index in [-0.39, 0.29) is 37.7 Å². The summed E-state index contributed by atoms with van der Waals surface area (Å²) in [5, 5.41) is 11.8. The number of hydrogen-bond donors (Lipinski definition) is 1. The Morgan fingerprint density at radius 1 is 1.25 bits per heavy atom. The molecular formula is C22H27F4N7O3. The zero-order valence-electron chi connectivity index (χ0n) is 19.7. The van der Waals surface area contributed by atoms with Crippen molar-refractivity contribution in [2.75, 3.05) is 25.1 Å². The average molecular weight is 513 g/mol. The van der Waals surface area contributed by atoms with Gasteiger partial charge in [-0.25, -0.2) is 9.37 Å². The number of carbonyl (C=O) groups is 1. The first-order valence-electron chi connectivity index (χ1n) is 12.0. The minimum absolute atomic E-state index is 0.0668. The lowest BCUT2D eigenvalue weighted by molar-refractivity contribution is -0.142. The first kappa shape index (κ1) is 24.7. The molecule has 2 aliphatic heterocycles. The van der Waals surface area contributed by atoms with Crippen LogP contribution in [0.1, 0.15) is 55.7 Å². The van der Waals surface area contributed by atoms with Crippen LogP contribution in [-0.4, -0.2) is 73.6 Å². The van der Waals surface area contributed by atoms with E-state index >= 15 is 0 Å². The number of halogens is 4. The van der Waals surface area contributed by atoms with E-state index in [1.165, 1.54) is 11.8 Å². The van der Waals surface area contributed by atoms with Gasteiger partial charge in [0.2, 0.25) is 11.8 Å². The summed E-state index contributed by atoms with van der Waals surface area (Å²) >= 11 is 0. The predicted octanol–water partition coefficient (Wildman–Crippen LogP) is 2.70. The summed E-state index contributed by atoms with van der Waals surface area (Å²) < 4.78 is 66.0. The summed E-state index contributed by atoms with van der Waals surface area (Å²) in [5.41, 5.74) is -1.02. The Bertz CT molecular complexity index is 1110. The van der Waals surface area contributed by atoms with Gasteiger partial charge in [0.15, 0.2) is 12.0 Å². The summed E-state index contributed by atoms with van der Waals surface area (Å²) in [6.45, 7) is 2.74. The number of alkyl halides is 4. The molecule has 1 amide bonds. The molecule has 0 bridgehead atoms. The number of nitrogens with one attached hydrogen (secondary N) is 1. The molecule has 1 aliphatic carbocycles. The van der Waals surface area contributed by atoms with Crippen molar-refractivity contribution in [3.8, 4) is 5.88 Å². The maximum atomic E-state index is 13.4. The van der Waals surface area contributed by atoms with Crippen LogP contribution in [0.2, 0.25) is 0 Å². The third kappa shape index (κ3) is 5.08. The van der Waals surface area contributed by atoms with Crippen molar-refractivity contribution < 1.29 is 31.8 Å². The van der Waals surface area contributed by atoms with Gasteiger partial charge in [0, 0.05) is 31.2 Å². The largest absolute Gasteiger partial charge is 0.469 e. The molecule has 0 radical (unpaired) electrons. The lowest BCUT2D eigenvalue weighted by Gasteiger charge is -2.32. The second-order valence-corrected chi connectivity index (χ2v) is 9.39. The Morgan fingerprint density at radius 2 is 2.06 bits per heavy atom. The first-order chi connectivity index (χ1) is 17.2. The van der Waals surface area contributed by atoms with Crippen LogP contribution in [0.5, 0.6) is 5.88 Å². The molecule has 3 aliphatic rings. The molecule has 2 fully saturated rings. The first-order valence-corrected chi connectivity index (χ1v) is 12.0. The van der Waals surface area contributed by atoms with E-state index in [4.69, 9.17) is 9.47 Å². The van der Waals surface area contributed by atoms with Crippen LogP contribution < -0.4 is 10.1 Å². The predicted molar refractivity (Wildman–Crippen MR) is 117 cm³/mol. The molecule has 0 unspecified atom stereocenters. The van der Waals surface area contributed by atoms with Crippen LogP contribution in [0.3, 0.4) is 0 Å². The highest BCUT2D eigenvalue weighted by molar-refractivity contribution is 5.80. The van der Waals surface area contributed by atoms with Gasteiger partial charge < -0.3 is 24.3 Å². The molecule has 0 aromatic carbocycles. The fourth-order valence-electron chi connectivity index (χ4n) is 4.82. The number of anilines is 1. The van der Waals surface area contributed by atoms with Crippen LogP contribution in [0.15, 0.2) is 6.20 Å². The second-order valence-electron chi connectivity index (χ2n) is 9.39. The van der Waals surface area contributed by atoms with Gasteiger partial charge in [-0.15, -0.1) is 10.2 Å². The van der Waals surface area contributed by atoms with E-state index in [2.05, 4.69) is 25.5 Å². The molecule has 1 saturated carbocycles. The highest BCUT2D eigenvalue weighted by Gasteiger charge is 2.38. The van der Waals surface area contributed by atoms with Crippen molar-refractivity contribution in [1.82, 2.24) is 29.6 Å². The second kappa shape index (κ2) is 9.79. The number of carbonyl (C=O) groups excluding carboxylic acids is 1. The number of nitrogens with zero attached hydrogens (tertiary/aromatic N) is 6. The Labute approximate surface area is 204 Å². The van der Waals surface area contributed by atoms with Crippen LogP contribution in [0.25, 0.3) is 0 Å². The Morgan fingerprint density at radius 3 is 2.75 bits per heavy atom. The van der Waals surface area contributed by atoms with Crippen molar-refractivity contribution in [1.29, 1.82) is 0 Å². The third-order valence-electron chi connectivity index (χ3n) is 6.75. The topological polar surface area (TPSA) is 107 Å². The van der Waals surface area contributed by atoms with Gasteiger partial charge >= 0.3 is 6.18 Å². The van der Waals surface area contributed by atoms with E-state index < -0.39 is 35.8 Å². The minimum atomic E-state index is -4.64. The van der Waals surface area contributed by atoms with Gasteiger partial charge in [0.05, 0.1) is 19.8 Å². The number of fused-ring (bicyclic) bond motifs is 1. The third-order valence-corrected chi connectivity index (χ3v) is 6.75. The number of amides is 1. The van der Waals surface area contributed by atoms with Crippen LogP contribution in [-0.2, 0) is 28.8 Å². The van der Waals surface area contributed by atoms with E-state index in [9.17, 15) is 22.4 Å². The number of rotatable bonds is 6.